The third-order valence-corrected chi connectivity index (χ3v) is 6.59. The highest BCUT2D eigenvalue weighted by atomic mass is 32.2. The predicted molar refractivity (Wildman–Crippen MR) is 59.4 cm³/mol. The van der Waals surface area contributed by atoms with Crippen LogP contribution in [-0.4, -0.2) is 31.0 Å². The van der Waals surface area contributed by atoms with Gasteiger partial charge in [0.25, 0.3) is 0 Å². The Morgan fingerprint density at radius 3 is 2.62 bits per heavy atom. The van der Waals surface area contributed by atoms with Crippen molar-refractivity contribution in [2.24, 2.45) is 0 Å². The molecule has 0 unspecified atom stereocenters. The van der Waals surface area contributed by atoms with Gasteiger partial charge < -0.3 is 5.11 Å². The number of hydrogen-bond donors (Lipinski definition) is 1. The number of rotatable bonds is 3. The number of hydrogen-bond acceptors (Lipinski definition) is 3. The van der Waals surface area contributed by atoms with Gasteiger partial charge in [-0.3, -0.25) is 4.21 Å². The maximum absolute atomic E-state index is 11.7. The van der Waals surface area contributed by atoms with Crippen LogP contribution in [-0.2, 0) is 10.8 Å². The van der Waals surface area contributed by atoms with E-state index < -0.39 is 16.4 Å². The second kappa shape index (κ2) is 4.80. The van der Waals surface area contributed by atoms with Crippen molar-refractivity contribution in [3.05, 3.63) is 0 Å². The van der Waals surface area contributed by atoms with E-state index in [1.807, 2.05) is 13.8 Å². The van der Waals surface area contributed by atoms with E-state index in [0.717, 1.165) is 17.9 Å². The van der Waals surface area contributed by atoms with Gasteiger partial charge in [0, 0.05) is 16.6 Å². The molecule has 1 heterocycles. The topological polar surface area (TPSA) is 37.3 Å². The second-order valence-corrected chi connectivity index (χ2v) is 6.60. The van der Waals surface area contributed by atoms with Gasteiger partial charge in [-0.25, -0.2) is 0 Å². The molecule has 0 bridgehead atoms. The molecule has 78 valence electrons. The molecule has 13 heavy (non-hydrogen) atoms. The van der Waals surface area contributed by atoms with Crippen LogP contribution in [0.1, 0.15) is 33.1 Å². The fourth-order valence-corrected chi connectivity index (χ4v) is 5.56. The van der Waals surface area contributed by atoms with Gasteiger partial charge in [-0.05, 0) is 25.0 Å². The first-order valence-corrected chi connectivity index (χ1v) is 7.28. The maximum Gasteiger partial charge on any atom is 0.109 e. The molecule has 0 spiro atoms. The van der Waals surface area contributed by atoms with Gasteiger partial charge in [0.1, 0.15) is 4.58 Å². The lowest BCUT2D eigenvalue weighted by molar-refractivity contribution is 0.0482. The summed E-state index contributed by atoms with van der Waals surface area (Å²) in [5.74, 6) is 1.80. The molecule has 1 fully saturated rings. The van der Waals surface area contributed by atoms with Gasteiger partial charge in [-0.2, -0.15) is 0 Å². The fourth-order valence-electron chi connectivity index (χ4n) is 1.56. The van der Waals surface area contributed by atoms with Crippen molar-refractivity contribution in [1.82, 2.24) is 0 Å². The third kappa shape index (κ3) is 2.48. The van der Waals surface area contributed by atoms with Gasteiger partial charge in [-0.15, -0.1) is 11.8 Å². The first-order valence-electron chi connectivity index (χ1n) is 4.85. The summed E-state index contributed by atoms with van der Waals surface area (Å²) in [6, 6.07) is 0. The van der Waals surface area contributed by atoms with Crippen LogP contribution in [0.4, 0.5) is 0 Å². The normalized spacial score (nSPS) is 30.4. The molecule has 1 saturated heterocycles. The molecule has 1 aliphatic rings. The summed E-state index contributed by atoms with van der Waals surface area (Å²) in [6.07, 6.45) is 2.43. The molecule has 0 aromatic carbocycles. The molecule has 1 rings (SSSR count). The van der Waals surface area contributed by atoms with E-state index >= 15 is 0 Å². The molecule has 0 radical (unpaired) electrons. The van der Waals surface area contributed by atoms with E-state index in [0.29, 0.717) is 12.8 Å². The van der Waals surface area contributed by atoms with Crippen molar-refractivity contribution >= 4 is 22.6 Å². The third-order valence-electron chi connectivity index (χ3n) is 2.66. The van der Waals surface area contributed by atoms with E-state index in [1.165, 1.54) is 0 Å². The van der Waals surface area contributed by atoms with Gasteiger partial charge in [0.2, 0.25) is 0 Å². The zero-order valence-electron chi connectivity index (χ0n) is 8.28. The predicted octanol–water partition coefficient (Wildman–Crippen LogP) is 1.75. The van der Waals surface area contributed by atoms with Gasteiger partial charge in [0.05, 0.1) is 5.60 Å². The van der Waals surface area contributed by atoms with Crippen molar-refractivity contribution in [3.8, 4) is 0 Å². The minimum atomic E-state index is -0.834. The molecule has 2 nitrogen and oxygen atoms in total. The van der Waals surface area contributed by atoms with Crippen molar-refractivity contribution < 1.29 is 9.32 Å². The molecule has 2 atom stereocenters. The van der Waals surface area contributed by atoms with Gasteiger partial charge in [0.15, 0.2) is 0 Å². The monoisotopic (exact) mass is 222 g/mol. The zero-order chi connectivity index (χ0) is 9.90. The van der Waals surface area contributed by atoms with Crippen LogP contribution < -0.4 is 0 Å². The standard InChI is InChI=1S/C9H18O2S2/c1-3-9(10,4-2)8-12-6-5-7-13(8)11/h8,10H,3-7H2,1-2H3/t8-,13-/m0/s1. The molecular formula is C9H18O2S2. The lowest BCUT2D eigenvalue weighted by Crippen LogP contribution is -2.44. The lowest BCUT2D eigenvalue weighted by atomic mass is 10.0. The second-order valence-electron chi connectivity index (χ2n) is 3.45. The summed E-state index contributed by atoms with van der Waals surface area (Å²) in [4.78, 5) is 0. The Morgan fingerprint density at radius 2 is 2.15 bits per heavy atom. The van der Waals surface area contributed by atoms with Crippen molar-refractivity contribution in [1.29, 1.82) is 0 Å². The molecule has 4 heteroatoms. The summed E-state index contributed by atoms with van der Waals surface area (Å²) < 4.78 is 11.6. The van der Waals surface area contributed by atoms with E-state index in [9.17, 15) is 9.32 Å². The van der Waals surface area contributed by atoms with E-state index in [4.69, 9.17) is 0 Å². The quantitative estimate of drug-likeness (QED) is 0.790. The van der Waals surface area contributed by atoms with Gasteiger partial charge in [-0.1, -0.05) is 13.8 Å². The summed E-state index contributed by atoms with van der Waals surface area (Å²) in [7, 11) is -0.834. The largest absolute Gasteiger partial charge is 0.388 e. The van der Waals surface area contributed by atoms with Gasteiger partial charge >= 0.3 is 0 Å². The van der Waals surface area contributed by atoms with Crippen LogP contribution in [0, 0.1) is 0 Å². The molecule has 0 aliphatic carbocycles. The van der Waals surface area contributed by atoms with Crippen molar-refractivity contribution in [3.63, 3.8) is 0 Å². The number of aliphatic hydroxyl groups is 1. The summed E-state index contributed by atoms with van der Waals surface area (Å²) >= 11 is 1.68. The van der Waals surface area contributed by atoms with E-state index in [-0.39, 0.29) is 4.58 Å². The highest BCUT2D eigenvalue weighted by molar-refractivity contribution is 8.12. The van der Waals surface area contributed by atoms with Crippen LogP contribution in [0.25, 0.3) is 0 Å². The molecule has 1 N–H and O–H groups in total. The van der Waals surface area contributed by atoms with Crippen LogP contribution in [0.15, 0.2) is 0 Å². The van der Waals surface area contributed by atoms with Crippen LogP contribution in [0.5, 0.6) is 0 Å². The van der Waals surface area contributed by atoms with E-state index in [2.05, 4.69) is 0 Å². The summed E-state index contributed by atoms with van der Waals surface area (Å²) in [6.45, 7) is 3.94. The Morgan fingerprint density at radius 1 is 1.54 bits per heavy atom. The minimum Gasteiger partial charge on any atom is -0.388 e. The Balaban J connectivity index is 2.71. The minimum absolute atomic E-state index is 0.0590. The molecule has 0 aromatic rings. The molecule has 1 aliphatic heterocycles. The van der Waals surface area contributed by atoms with Crippen LogP contribution >= 0.6 is 11.8 Å². The molecule has 0 amide bonds. The maximum atomic E-state index is 11.7. The molecule has 0 saturated carbocycles. The summed E-state index contributed by atoms with van der Waals surface area (Å²) in [5, 5.41) is 10.2. The molecule has 0 aromatic heterocycles. The van der Waals surface area contributed by atoms with Crippen molar-refractivity contribution in [2.45, 2.75) is 43.3 Å². The highest BCUT2D eigenvalue weighted by Gasteiger charge is 2.39. The Kier molecular flexibility index (Phi) is 4.26. The Labute approximate surface area is 86.9 Å². The zero-order valence-corrected chi connectivity index (χ0v) is 9.92. The number of thioether (sulfide) groups is 1. The SMILES string of the molecule is CCC(O)(CC)[C@H]1SCCC[S@@]1=O. The summed E-state index contributed by atoms with van der Waals surface area (Å²) in [5.41, 5.74) is -0.712. The smallest absolute Gasteiger partial charge is 0.109 e. The fraction of sp³-hybridized carbons (Fsp3) is 1.00. The van der Waals surface area contributed by atoms with Crippen molar-refractivity contribution in [2.75, 3.05) is 11.5 Å². The van der Waals surface area contributed by atoms with Crippen LogP contribution in [0.3, 0.4) is 0 Å². The molecular weight excluding hydrogens is 204 g/mol. The first-order chi connectivity index (χ1) is 6.14. The van der Waals surface area contributed by atoms with E-state index in [1.54, 1.807) is 11.8 Å². The first kappa shape index (κ1) is 11.5. The Hall–Kier alpha value is 0.460. The average molecular weight is 222 g/mol. The Bertz CT molecular complexity index is 190. The average Bonchev–Trinajstić information content (AvgIpc) is 2.17. The lowest BCUT2D eigenvalue weighted by Gasteiger charge is -2.35. The van der Waals surface area contributed by atoms with Crippen LogP contribution in [0.2, 0.25) is 0 Å². The highest BCUT2D eigenvalue weighted by Crippen LogP contribution is 2.35.